The van der Waals surface area contributed by atoms with Gasteiger partial charge in [0.2, 0.25) is 0 Å². The van der Waals surface area contributed by atoms with E-state index in [2.05, 4.69) is 4.98 Å². The summed E-state index contributed by atoms with van der Waals surface area (Å²) < 4.78 is 5.02. The molecule has 0 aliphatic heterocycles. The minimum atomic E-state index is -0.802. The molecule has 0 bridgehead atoms. The van der Waals surface area contributed by atoms with Gasteiger partial charge in [-0.1, -0.05) is 0 Å². The van der Waals surface area contributed by atoms with Crippen LogP contribution < -0.4 is 0 Å². The Morgan fingerprint density at radius 3 is 2.45 bits per heavy atom. The molecule has 8 heteroatoms. The summed E-state index contributed by atoms with van der Waals surface area (Å²) in [6.07, 6.45) is 2.86. The quantitative estimate of drug-likeness (QED) is 0.363. The molecule has 0 aliphatic carbocycles. The van der Waals surface area contributed by atoms with Crippen LogP contribution in [-0.2, 0) is 11.3 Å². The SMILES string of the molecule is O=C(Cl)c1ccc(COC(=O)c2ccncc2)c([N+](=O)[O-])c1. The summed E-state index contributed by atoms with van der Waals surface area (Å²) in [6, 6.07) is 6.63. The number of ether oxygens (including phenoxy) is 1. The van der Waals surface area contributed by atoms with Gasteiger partial charge in [-0.3, -0.25) is 19.9 Å². The predicted molar refractivity (Wildman–Crippen MR) is 76.6 cm³/mol. The van der Waals surface area contributed by atoms with E-state index in [0.717, 1.165) is 6.07 Å². The summed E-state index contributed by atoms with van der Waals surface area (Å²) >= 11 is 5.29. The molecule has 0 radical (unpaired) electrons. The van der Waals surface area contributed by atoms with Gasteiger partial charge in [0, 0.05) is 24.0 Å². The smallest absolute Gasteiger partial charge is 0.338 e. The van der Waals surface area contributed by atoms with E-state index in [9.17, 15) is 19.7 Å². The second kappa shape index (κ2) is 6.77. The van der Waals surface area contributed by atoms with Crippen molar-refractivity contribution >= 4 is 28.5 Å². The summed E-state index contributed by atoms with van der Waals surface area (Å²) in [6.45, 7) is -0.297. The Balaban J connectivity index is 2.17. The van der Waals surface area contributed by atoms with E-state index in [1.807, 2.05) is 0 Å². The largest absolute Gasteiger partial charge is 0.457 e. The Morgan fingerprint density at radius 2 is 1.86 bits per heavy atom. The van der Waals surface area contributed by atoms with E-state index in [1.54, 1.807) is 0 Å². The molecule has 0 N–H and O–H groups in total. The van der Waals surface area contributed by atoms with E-state index in [1.165, 1.54) is 36.7 Å². The van der Waals surface area contributed by atoms with Crippen molar-refractivity contribution < 1.29 is 19.2 Å². The number of hydrogen-bond donors (Lipinski definition) is 0. The van der Waals surface area contributed by atoms with Gasteiger partial charge in [-0.05, 0) is 35.9 Å². The van der Waals surface area contributed by atoms with Gasteiger partial charge in [0.15, 0.2) is 0 Å². The molecule has 1 aromatic carbocycles. The van der Waals surface area contributed by atoms with Gasteiger partial charge in [0.25, 0.3) is 10.9 Å². The van der Waals surface area contributed by atoms with Crippen molar-refractivity contribution in [3.05, 3.63) is 69.5 Å². The molecule has 0 aliphatic rings. The third-order valence-corrected chi connectivity index (χ3v) is 3.00. The Kier molecular flexibility index (Phi) is 4.80. The first kappa shape index (κ1) is 15.6. The first-order chi connectivity index (χ1) is 10.5. The van der Waals surface area contributed by atoms with Crippen LogP contribution in [-0.4, -0.2) is 21.1 Å². The summed E-state index contributed by atoms with van der Waals surface area (Å²) in [4.78, 5) is 36.9. The van der Waals surface area contributed by atoms with Crippen molar-refractivity contribution in [3.63, 3.8) is 0 Å². The fraction of sp³-hybridized carbons (Fsp3) is 0.0714. The highest BCUT2D eigenvalue weighted by Crippen LogP contribution is 2.22. The van der Waals surface area contributed by atoms with Crippen LogP contribution in [0.5, 0.6) is 0 Å². The number of hydrogen-bond acceptors (Lipinski definition) is 6. The summed E-state index contributed by atoms with van der Waals surface area (Å²) in [5.41, 5.74) is 0.103. The Hall–Kier alpha value is -2.80. The zero-order valence-corrected chi connectivity index (χ0v) is 11.8. The third kappa shape index (κ3) is 3.64. The fourth-order valence-electron chi connectivity index (χ4n) is 1.69. The van der Waals surface area contributed by atoms with Crippen LogP contribution in [0.1, 0.15) is 26.3 Å². The number of esters is 1. The second-order valence-corrected chi connectivity index (χ2v) is 4.53. The molecular weight excluding hydrogens is 312 g/mol. The Bertz CT molecular complexity index is 733. The zero-order chi connectivity index (χ0) is 16.1. The van der Waals surface area contributed by atoms with Gasteiger partial charge >= 0.3 is 5.97 Å². The van der Waals surface area contributed by atoms with Gasteiger partial charge in [-0.2, -0.15) is 0 Å². The van der Waals surface area contributed by atoms with Gasteiger partial charge in [0.1, 0.15) is 6.61 Å². The number of aromatic nitrogens is 1. The van der Waals surface area contributed by atoms with Crippen molar-refractivity contribution in [3.8, 4) is 0 Å². The highest BCUT2D eigenvalue weighted by molar-refractivity contribution is 6.67. The maximum atomic E-state index is 11.8. The minimum Gasteiger partial charge on any atom is -0.457 e. The molecule has 0 atom stereocenters. The van der Waals surface area contributed by atoms with E-state index in [0.29, 0.717) is 0 Å². The molecule has 7 nitrogen and oxygen atoms in total. The molecule has 0 spiro atoms. The fourth-order valence-corrected chi connectivity index (χ4v) is 1.81. The normalized spacial score (nSPS) is 10.0. The van der Waals surface area contributed by atoms with E-state index >= 15 is 0 Å². The maximum Gasteiger partial charge on any atom is 0.338 e. The number of nitro groups is 1. The lowest BCUT2D eigenvalue weighted by Gasteiger charge is -2.06. The molecule has 0 saturated carbocycles. The van der Waals surface area contributed by atoms with Gasteiger partial charge < -0.3 is 4.74 Å². The molecule has 112 valence electrons. The molecule has 2 aromatic rings. The Morgan fingerprint density at radius 1 is 1.18 bits per heavy atom. The van der Waals surface area contributed by atoms with E-state index in [4.69, 9.17) is 16.3 Å². The van der Waals surface area contributed by atoms with Crippen LogP contribution in [0.15, 0.2) is 42.7 Å². The Labute approximate surface area is 129 Å². The summed E-state index contributed by atoms with van der Waals surface area (Å²) in [7, 11) is 0. The lowest BCUT2D eigenvalue weighted by atomic mass is 10.1. The van der Waals surface area contributed by atoms with E-state index in [-0.39, 0.29) is 29.0 Å². The predicted octanol–water partition coefficient (Wildman–Crippen LogP) is 2.73. The number of benzene rings is 1. The van der Waals surface area contributed by atoms with Crippen molar-refractivity contribution in [1.82, 2.24) is 4.98 Å². The van der Waals surface area contributed by atoms with Gasteiger partial charge in [-0.25, -0.2) is 4.79 Å². The molecule has 0 unspecified atom stereocenters. The standard InChI is InChI=1S/C14H9ClN2O5/c15-13(18)10-1-2-11(12(7-10)17(20)21)8-22-14(19)9-3-5-16-6-4-9/h1-7H,8H2. The van der Waals surface area contributed by atoms with Crippen molar-refractivity contribution in [2.75, 3.05) is 0 Å². The van der Waals surface area contributed by atoms with Crippen molar-refractivity contribution in [2.45, 2.75) is 6.61 Å². The number of pyridine rings is 1. The molecule has 1 aromatic heterocycles. The average molecular weight is 321 g/mol. The highest BCUT2D eigenvalue weighted by atomic mass is 35.5. The number of nitro benzene ring substituents is 1. The molecule has 0 amide bonds. The first-order valence-electron chi connectivity index (χ1n) is 6.03. The number of nitrogens with zero attached hydrogens (tertiary/aromatic N) is 2. The van der Waals surface area contributed by atoms with Crippen LogP contribution in [0.2, 0.25) is 0 Å². The highest BCUT2D eigenvalue weighted by Gasteiger charge is 2.18. The molecule has 22 heavy (non-hydrogen) atoms. The van der Waals surface area contributed by atoms with Crippen molar-refractivity contribution in [1.29, 1.82) is 0 Å². The van der Waals surface area contributed by atoms with Crippen LogP contribution >= 0.6 is 11.6 Å². The number of carbonyl (C=O) groups excluding carboxylic acids is 2. The first-order valence-corrected chi connectivity index (χ1v) is 6.41. The molecule has 2 rings (SSSR count). The van der Waals surface area contributed by atoms with Gasteiger partial charge in [0.05, 0.1) is 16.1 Å². The zero-order valence-electron chi connectivity index (χ0n) is 11.1. The topological polar surface area (TPSA) is 99.4 Å². The third-order valence-electron chi connectivity index (χ3n) is 2.78. The van der Waals surface area contributed by atoms with Crippen LogP contribution in [0.4, 0.5) is 5.69 Å². The number of carbonyl (C=O) groups is 2. The minimum absolute atomic E-state index is 0.00224. The lowest BCUT2D eigenvalue weighted by Crippen LogP contribution is -2.07. The van der Waals surface area contributed by atoms with Crippen LogP contribution in [0, 0.1) is 10.1 Å². The monoisotopic (exact) mass is 320 g/mol. The molecule has 0 fully saturated rings. The summed E-state index contributed by atoms with van der Waals surface area (Å²) in [5.74, 6) is -0.630. The van der Waals surface area contributed by atoms with Crippen LogP contribution in [0.3, 0.4) is 0 Å². The van der Waals surface area contributed by atoms with Crippen LogP contribution in [0.25, 0.3) is 0 Å². The molecule has 0 saturated heterocycles. The second-order valence-electron chi connectivity index (χ2n) is 4.19. The molecular formula is C14H9ClN2O5. The summed E-state index contributed by atoms with van der Waals surface area (Å²) in [5, 5.41) is 10.2. The number of rotatable bonds is 5. The average Bonchev–Trinajstić information content (AvgIpc) is 2.53. The van der Waals surface area contributed by atoms with E-state index < -0.39 is 16.1 Å². The van der Waals surface area contributed by atoms with Crippen molar-refractivity contribution in [2.24, 2.45) is 0 Å². The lowest BCUT2D eigenvalue weighted by molar-refractivity contribution is -0.385. The molecule has 1 heterocycles. The van der Waals surface area contributed by atoms with Gasteiger partial charge in [-0.15, -0.1) is 0 Å². The number of halogens is 1. The maximum absolute atomic E-state index is 11.8.